The summed E-state index contributed by atoms with van der Waals surface area (Å²) in [4.78, 5) is -0.532. The quantitative estimate of drug-likeness (QED) is 0.0291. The van der Waals surface area contributed by atoms with Crippen LogP contribution in [0.1, 0.15) is 166 Å². The van der Waals surface area contributed by atoms with Crippen LogP contribution in [-0.2, 0) is 33.1 Å². The van der Waals surface area contributed by atoms with E-state index in [2.05, 4.69) is 13.8 Å². The average molecular weight is 935 g/mol. The minimum absolute atomic E-state index is 0. The first-order valence-electron chi connectivity index (χ1n) is 22.9. The molecule has 63 heavy (non-hydrogen) atoms. The van der Waals surface area contributed by atoms with Crippen LogP contribution in [0.3, 0.4) is 0 Å². The maximum Gasteiger partial charge on any atom is 2.00 e. The fourth-order valence-electron chi connectivity index (χ4n) is 7.19. The van der Waals surface area contributed by atoms with Crippen molar-refractivity contribution in [1.29, 1.82) is 0 Å². The van der Waals surface area contributed by atoms with Crippen LogP contribution >= 0.6 is 0 Å². The fourth-order valence-corrected chi connectivity index (χ4v) is 8.14. The van der Waals surface area contributed by atoms with Crippen molar-refractivity contribution in [2.45, 2.75) is 178 Å². The molecule has 0 spiro atoms. The first-order chi connectivity index (χ1) is 29.8. The number of benzene rings is 4. The summed E-state index contributed by atoms with van der Waals surface area (Å²) in [6, 6.07) is 21.0. The van der Waals surface area contributed by atoms with Gasteiger partial charge < -0.3 is 24.2 Å². The predicted molar refractivity (Wildman–Crippen MR) is 251 cm³/mol. The van der Waals surface area contributed by atoms with Crippen LogP contribution in [0.5, 0.6) is 34.5 Å². The van der Waals surface area contributed by atoms with Gasteiger partial charge in [-0.3, -0.25) is 4.55 Å². The molecule has 344 valence electrons. The Labute approximate surface area is 408 Å². The third-order valence-corrected chi connectivity index (χ3v) is 12.6. The molecule has 0 saturated carbocycles. The maximum absolute atomic E-state index is 12.3. The van der Waals surface area contributed by atoms with Crippen molar-refractivity contribution in [2.24, 2.45) is 0 Å². The molecule has 0 saturated heterocycles. The average Bonchev–Trinajstić information content (AvgIpc) is 3.24. The molecule has 0 radical (unpaired) electrons. The van der Waals surface area contributed by atoms with Crippen molar-refractivity contribution in [3.05, 3.63) is 96.1 Å². The van der Waals surface area contributed by atoms with Crippen molar-refractivity contribution < 1.29 is 45.6 Å². The summed E-state index contributed by atoms with van der Waals surface area (Å²) in [5, 5.41) is 22.6. The molecular formula is C50H70CaO10S2. The number of rotatable bonds is 30. The second-order valence-corrected chi connectivity index (χ2v) is 19.0. The molecule has 4 aromatic rings. The summed E-state index contributed by atoms with van der Waals surface area (Å²) in [6.45, 7) is 4.50. The zero-order valence-electron chi connectivity index (χ0n) is 37.7. The molecule has 4 rings (SSSR count). The number of unbranched alkanes of at least 4 members (excludes halogenated alkanes) is 20. The number of phenolic OH excluding ortho intramolecular Hbond substituents is 1. The van der Waals surface area contributed by atoms with E-state index in [0.717, 1.165) is 36.8 Å². The Kier molecular flexibility index (Phi) is 28.5. The van der Waals surface area contributed by atoms with Gasteiger partial charge in [-0.15, -0.1) is 0 Å². The van der Waals surface area contributed by atoms with Gasteiger partial charge in [-0.05, 0) is 104 Å². The molecule has 4 aromatic carbocycles. The van der Waals surface area contributed by atoms with Crippen molar-refractivity contribution in [1.82, 2.24) is 0 Å². The van der Waals surface area contributed by atoms with Gasteiger partial charge in [0, 0.05) is 0 Å². The van der Waals surface area contributed by atoms with Crippen LogP contribution in [0.4, 0.5) is 0 Å². The molecule has 0 atom stereocenters. The molecule has 0 aliphatic heterocycles. The van der Waals surface area contributed by atoms with Crippen LogP contribution in [0.2, 0.25) is 0 Å². The Hall–Kier alpha value is -2.84. The number of aryl methyl sites for hydroxylation is 2. The van der Waals surface area contributed by atoms with Crippen molar-refractivity contribution >= 4 is 58.0 Å². The normalized spacial score (nSPS) is 11.4. The summed E-state index contributed by atoms with van der Waals surface area (Å²) in [7, 11) is -8.73. The number of aromatic hydroxyl groups is 1. The Bertz CT molecular complexity index is 1910. The van der Waals surface area contributed by atoms with Crippen LogP contribution in [-0.4, -0.2) is 68.8 Å². The van der Waals surface area contributed by atoms with E-state index in [0.29, 0.717) is 17.2 Å². The summed E-state index contributed by atoms with van der Waals surface area (Å²) in [5.41, 5.74) is 2.07. The van der Waals surface area contributed by atoms with Crippen LogP contribution in [0, 0.1) is 0 Å². The third kappa shape index (κ3) is 24.3. The van der Waals surface area contributed by atoms with Crippen LogP contribution in [0.25, 0.3) is 0 Å². The largest absolute Gasteiger partial charge is 2.00 e. The van der Waals surface area contributed by atoms with Gasteiger partial charge in [0.1, 0.15) is 27.4 Å². The third-order valence-electron chi connectivity index (χ3n) is 10.9. The van der Waals surface area contributed by atoms with Crippen molar-refractivity contribution in [3.8, 4) is 34.5 Å². The molecule has 0 fully saturated rings. The van der Waals surface area contributed by atoms with E-state index in [1.165, 1.54) is 177 Å². The Morgan fingerprint density at radius 2 is 0.825 bits per heavy atom. The Morgan fingerprint density at radius 3 is 1.19 bits per heavy atom. The molecule has 0 heterocycles. The predicted octanol–water partition coefficient (Wildman–Crippen LogP) is 13.2. The van der Waals surface area contributed by atoms with Gasteiger partial charge in [-0.2, -0.15) is 8.42 Å². The SMILES string of the molecule is CCCCCCCCCCCCCc1ccc(Oc2ccc(S(=O)(=O)O)cc2)c(O)c1.CCCCCCCCCCCCCc1ccc(Oc2ccc(S(=O)(=O)[O-])cc2)c([O-])c1.[Ca+2]. The molecule has 0 amide bonds. The van der Waals surface area contributed by atoms with Crippen LogP contribution < -0.4 is 14.6 Å². The van der Waals surface area contributed by atoms with Gasteiger partial charge in [-0.25, -0.2) is 8.42 Å². The van der Waals surface area contributed by atoms with Gasteiger partial charge in [0.2, 0.25) is 0 Å². The zero-order chi connectivity index (χ0) is 45.1. The first-order valence-corrected chi connectivity index (χ1v) is 25.8. The number of hydrogen-bond donors (Lipinski definition) is 2. The van der Waals surface area contributed by atoms with E-state index >= 15 is 0 Å². The molecule has 0 bridgehead atoms. The van der Waals surface area contributed by atoms with Gasteiger partial charge in [0.15, 0.2) is 11.5 Å². The van der Waals surface area contributed by atoms with Crippen molar-refractivity contribution in [3.63, 3.8) is 0 Å². The molecule has 13 heteroatoms. The van der Waals surface area contributed by atoms with Crippen molar-refractivity contribution in [2.75, 3.05) is 0 Å². The molecule has 10 nitrogen and oxygen atoms in total. The van der Waals surface area contributed by atoms with E-state index in [1.54, 1.807) is 24.3 Å². The molecule has 2 N–H and O–H groups in total. The first kappa shape index (κ1) is 56.3. The second kappa shape index (κ2) is 31.9. The van der Waals surface area contributed by atoms with Gasteiger partial charge in [0.25, 0.3) is 10.1 Å². The number of hydrogen-bond acceptors (Lipinski definition) is 9. The van der Waals surface area contributed by atoms with Crippen LogP contribution in [0.15, 0.2) is 94.7 Å². The molecule has 0 aromatic heterocycles. The molecule has 0 unspecified atom stereocenters. The topological polar surface area (TPSA) is 173 Å². The summed E-state index contributed by atoms with van der Waals surface area (Å²) >= 11 is 0. The standard InChI is InChI=1S/2C25H36O5S.Ca/c2*1-2-3-4-5-6-7-8-9-10-11-12-13-21-14-19-25(24(26)20-21)30-22-15-17-23(18-16-22)31(27,28)29;/h2*14-20,26H,2-13H2,1H3,(H,27,28,29);/q;;+2/p-2. The molecule has 0 aliphatic carbocycles. The van der Waals surface area contributed by atoms with E-state index in [1.807, 2.05) is 12.1 Å². The van der Waals surface area contributed by atoms with Gasteiger partial charge in [0.05, 0.1) is 9.79 Å². The van der Waals surface area contributed by atoms with E-state index < -0.39 is 20.2 Å². The fraction of sp³-hybridized carbons (Fsp3) is 0.520. The summed E-state index contributed by atoms with van der Waals surface area (Å²) in [5.74, 6) is 1.02. The van der Waals surface area contributed by atoms with E-state index in [9.17, 15) is 31.6 Å². The second-order valence-electron chi connectivity index (χ2n) is 16.2. The summed E-state index contributed by atoms with van der Waals surface area (Å²) in [6.07, 6.45) is 30.4. The molecule has 0 aliphatic rings. The Balaban J connectivity index is 0.000000427. The van der Waals surface area contributed by atoms with E-state index in [-0.39, 0.29) is 64.8 Å². The zero-order valence-corrected chi connectivity index (χ0v) is 41.6. The Morgan fingerprint density at radius 1 is 0.476 bits per heavy atom. The smallest absolute Gasteiger partial charge is 0.870 e. The summed E-state index contributed by atoms with van der Waals surface area (Å²) < 4.78 is 75.2. The maximum atomic E-state index is 12.3. The molecular weight excluding hydrogens is 865 g/mol. The minimum atomic E-state index is -4.50. The van der Waals surface area contributed by atoms with E-state index in [4.69, 9.17) is 14.0 Å². The number of ether oxygens (including phenoxy) is 2. The number of phenols is 1. The van der Waals surface area contributed by atoms with Gasteiger partial charge in [-0.1, -0.05) is 166 Å². The monoisotopic (exact) mass is 934 g/mol. The van der Waals surface area contributed by atoms with Gasteiger partial charge >= 0.3 is 37.7 Å². The minimum Gasteiger partial charge on any atom is -0.870 e.